The Morgan fingerprint density at radius 1 is 1.12 bits per heavy atom. The Balaban J connectivity index is 1.32. The van der Waals surface area contributed by atoms with Crippen molar-refractivity contribution in [3.63, 3.8) is 0 Å². The fourth-order valence-electron chi connectivity index (χ4n) is 4.86. The highest BCUT2D eigenvalue weighted by molar-refractivity contribution is 9.11. The number of ketones is 1. The van der Waals surface area contributed by atoms with Gasteiger partial charge in [0.15, 0.2) is 23.8 Å². The summed E-state index contributed by atoms with van der Waals surface area (Å²) in [6.07, 6.45) is -2.57. The van der Waals surface area contributed by atoms with Gasteiger partial charge in [-0.2, -0.15) is 0 Å². The molecule has 11 nitrogen and oxygen atoms in total. The normalized spacial score (nSPS) is 23.5. The maximum Gasteiger partial charge on any atom is 0.417 e. The molecular formula is C31H36BrNO10. The second-order valence-corrected chi connectivity index (χ2v) is 11.1. The van der Waals surface area contributed by atoms with Crippen molar-refractivity contribution in [2.45, 2.75) is 56.0 Å². The first-order valence-corrected chi connectivity index (χ1v) is 14.8. The molecule has 0 radical (unpaired) electrons. The number of carbonyl (C=O) groups excluding carboxylic acids is 3. The molecule has 0 saturated carbocycles. The molecule has 2 aliphatic rings. The number of hydrogen-bond donors (Lipinski definition) is 2. The zero-order valence-corrected chi connectivity index (χ0v) is 25.4. The van der Waals surface area contributed by atoms with E-state index >= 15 is 0 Å². The molecule has 232 valence electrons. The van der Waals surface area contributed by atoms with Gasteiger partial charge in [0, 0.05) is 20.1 Å². The minimum atomic E-state index is -1.95. The smallest absolute Gasteiger partial charge is 0.417 e. The number of halogens is 1. The van der Waals surface area contributed by atoms with Crippen LogP contribution in [0.3, 0.4) is 0 Å². The Labute approximate surface area is 258 Å². The third-order valence-electron chi connectivity index (χ3n) is 7.17. The highest BCUT2D eigenvalue weighted by Gasteiger charge is 2.50. The van der Waals surface area contributed by atoms with E-state index in [1.807, 2.05) is 60.7 Å². The summed E-state index contributed by atoms with van der Waals surface area (Å²) in [5.74, 6) is -3.36. The lowest BCUT2D eigenvalue weighted by Gasteiger charge is -2.38. The van der Waals surface area contributed by atoms with Crippen molar-refractivity contribution in [2.75, 3.05) is 33.5 Å². The molecule has 1 fully saturated rings. The molecule has 0 spiro atoms. The number of nitrogens with zero attached hydrogens (tertiary/aromatic N) is 1. The van der Waals surface area contributed by atoms with Gasteiger partial charge in [0.25, 0.3) is 5.91 Å². The summed E-state index contributed by atoms with van der Waals surface area (Å²) in [5, 5.41) is 20.9. The quantitative estimate of drug-likeness (QED) is 0.274. The molecule has 2 aliphatic heterocycles. The Bertz CT molecular complexity index is 1260. The van der Waals surface area contributed by atoms with Crippen LogP contribution in [-0.2, 0) is 46.3 Å². The van der Waals surface area contributed by atoms with Crippen LogP contribution in [0.25, 0.3) is 0 Å². The van der Waals surface area contributed by atoms with E-state index in [9.17, 15) is 24.6 Å². The van der Waals surface area contributed by atoms with E-state index in [2.05, 4.69) is 15.9 Å². The standard InChI is InChI=1S/C31H36BrNO10/c1-39-28(29(36)33-23(19-42-30(33)37)15-21-9-4-2-5-10-21)27-25(35)16-26(32)31(38,43-27)13-8-14-40-20-24(17-34)41-18-22-11-6-3-7-12-22/h2-7,9-12,16,23-24,27-28,34,38H,8,13-15,17-20H2,1H3/t23-,24-,27+,28-,31+/m1/s1. The minimum Gasteiger partial charge on any atom is -0.447 e. The van der Waals surface area contributed by atoms with Crippen LogP contribution in [0, 0.1) is 0 Å². The molecule has 0 bridgehead atoms. The number of hydrogen-bond acceptors (Lipinski definition) is 10. The van der Waals surface area contributed by atoms with Crippen LogP contribution in [0.2, 0.25) is 0 Å². The molecular weight excluding hydrogens is 626 g/mol. The van der Waals surface area contributed by atoms with E-state index in [0.717, 1.165) is 22.1 Å². The Hall–Kier alpha value is -2.97. The molecule has 0 aromatic heterocycles. The van der Waals surface area contributed by atoms with Gasteiger partial charge in [0.05, 0.1) is 30.3 Å². The predicted molar refractivity (Wildman–Crippen MR) is 157 cm³/mol. The summed E-state index contributed by atoms with van der Waals surface area (Å²) in [7, 11) is 1.23. The van der Waals surface area contributed by atoms with E-state index in [-0.39, 0.29) is 37.3 Å². The zero-order chi connectivity index (χ0) is 30.8. The lowest BCUT2D eigenvalue weighted by Crippen LogP contribution is -2.56. The molecule has 12 heteroatoms. The minimum absolute atomic E-state index is 0.000799. The first kappa shape index (κ1) is 32.9. The van der Waals surface area contributed by atoms with E-state index < -0.39 is 47.9 Å². The van der Waals surface area contributed by atoms with Crippen molar-refractivity contribution < 1.29 is 48.3 Å². The number of methoxy groups -OCH3 is 1. The van der Waals surface area contributed by atoms with Crippen molar-refractivity contribution in [3.8, 4) is 0 Å². The molecule has 2 N–H and O–H groups in total. The number of rotatable bonds is 15. The van der Waals surface area contributed by atoms with Gasteiger partial charge in [-0.25, -0.2) is 9.69 Å². The molecule has 2 aromatic rings. The lowest BCUT2D eigenvalue weighted by atomic mass is 9.99. The monoisotopic (exact) mass is 661 g/mol. The van der Waals surface area contributed by atoms with Gasteiger partial charge in [0.2, 0.25) is 0 Å². The largest absolute Gasteiger partial charge is 0.447 e. The molecule has 1 saturated heterocycles. The van der Waals surface area contributed by atoms with Crippen LogP contribution < -0.4 is 0 Å². The van der Waals surface area contributed by atoms with Crippen LogP contribution in [0.4, 0.5) is 4.79 Å². The predicted octanol–water partition coefficient (Wildman–Crippen LogP) is 2.90. The van der Waals surface area contributed by atoms with Crippen LogP contribution in [0.5, 0.6) is 0 Å². The highest BCUT2D eigenvalue weighted by atomic mass is 79.9. The number of carbonyl (C=O) groups is 3. The molecule has 2 aromatic carbocycles. The van der Waals surface area contributed by atoms with E-state index in [1.54, 1.807) is 0 Å². The van der Waals surface area contributed by atoms with E-state index in [1.165, 1.54) is 7.11 Å². The Morgan fingerprint density at radius 2 is 1.79 bits per heavy atom. The summed E-state index contributed by atoms with van der Waals surface area (Å²) < 4.78 is 27.8. The molecule has 43 heavy (non-hydrogen) atoms. The van der Waals surface area contributed by atoms with Gasteiger partial charge >= 0.3 is 6.09 Å². The lowest BCUT2D eigenvalue weighted by molar-refractivity contribution is -0.227. The van der Waals surface area contributed by atoms with Crippen molar-refractivity contribution in [1.29, 1.82) is 0 Å². The molecule has 0 unspecified atom stereocenters. The maximum absolute atomic E-state index is 13.6. The molecule has 2 amide bonds. The van der Waals surface area contributed by atoms with Gasteiger partial charge in [-0.05, 0) is 46.0 Å². The summed E-state index contributed by atoms with van der Waals surface area (Å²) in [6, 6.07) is 18.3. The van der Waals surface area contributed by atoms with Crippen molar-refractivity contribution in [3.05, 3.63) is 82.3 Å². The number of ether oxygens (including phenoxy) is 5. The molecule has 4 rings (SSSR count). The van der Waals surface area contributed by atoms with Crippen LogP contribution >= 0.6 is 15.9 Å². The van der Waals surface area contributed by atoms with Gasteiger partial charge in [-0.3, -0.25) is 9.59 Å². The average Bonchev–Trinajstić information content (AvgIpc) is 3.37. The van der Waals surface area contributed by atoms with Gasteiger partial charge in [-0.15, -0.1) is 0 Å². The SMILES string of the molecule is CO[C@@H](C(=O)N1C(=O)OC[C@H]1Cc1ccccc1)[C@H]1O[C@@](O)(CCCOC[C@@H](CO)OCc2ccccc2)C(Br)=CC1=O. The number of benzene rings is 2. The number of cyclic esters (lactones) is 1. The number of imide groups is 1. The van der Waals surface area contributed by atoms with Crippen molar-refractivity contribution in [2.24, 2.45) is 0 Å². The fourth-order valence-corrected chi connectivity index (χ4v) is 5.38. The Kier molecular flexibility index (Phi) is 12.0. The number of aliphatic hydroxyl groups is 2. The van der Waals surface area contributed by atoms with Gasteiger partial charge < -0.3 is 33.9 Å². The molecule has 2 heterocycles. The number of aliphatic hydroxyl groups excluding tert-OH is 1. The van der Waals surface area contributed by atoms with E-state index in [4.69, 9.17) is 23.7 Å². The van der Waals surface area contributed by atoms with Crippen LogP contribution in [0.1, 0.15) is 24.0 Å². The Morgan fingerprint density at radius 3 is 2.44 bits per heavy atom. The summed E-state index contributed by atoms with van der Waals surface area (Å²) in [4.78, 5) is 40.0. The first-order valence-electron chi connectivity index (χ1n) is 14.0. The highest BCUT2D eigenvalue weighted by Crippen LogP contribution is 2.36. The average molecular weight is 663 g/mol. The zero-order valence-electron chi connectivity index (χ0n) is 23.8. The maximum atomic E-state index is 13.6. The first-order chi connectivity index (χ1) is 20.8. The fraction of sp³-hybridized carbons (Fsp3) is 0.452. The van der Waals surface area contributed by atoms with Crippen molar-refractivity contribution >= 4 is 33.7 Å². The van der Waals surface area contributed by atoms with Crippen LogP contribution in [-0.4, -0.2) is 96.6 Å². The van der Waals surface area contributed by atoms with E-state index in [0.29, 0.717) is 19.4 Å². The second kappa shape index (κ2) is 15.7. The van der Waals surface area contributed by atoms with Crippen LogP contribution in [0.15, 0.2) is 71.2 Å². The summed E-state index contributed by atoms with van der Waals surface area (Å²) >= 11 is 3.22. The second-order valence-electron chi connectivity index (χ2n) is 10.3. The van der Waals surface area contributed by atoms with Gasteiger partial charge in [0.1, 0.15) is 12.7 Å². The van der Waals surface area contributed by atoms with Crippen molar-refractivity contribution in [1.82, 2.24) is 4.90 Å². The summed E-state index contributed by atoms with van der Waals surface area (Å²) in [6.45, 7) is 0.443. The van der Waals surface area contributed by atoms with Gasteiger partial charge in [-0.1, -0.05) is 60.7 Å². The topological polar surface area (TPSA) is 141 Å². The molecule has 0 aliphatic carbocycles. The molecule has 5 atom stereocenters. The third-order valence-corrected chi connectivity index (χ3v) is 8.02. The summed E-state index contributed by atoms with van der Waals surface area (Å²) in [5.41, 5.74) is 1.87. The third kappa shape index (κ3) is 8.57. The number of amides is 2.